The maximum Gasteiger partial charge on any atom is 0.306 e. The van der Waals surface area contributed by atoms with E-state index >= 15 is 0 Å². The molecular formula is C60H98O6. The number of hydrogen-bond donors (Lipinski definition) is 0. The Hall–Kier alpha value is -3.93. The fourth-order valence-electron chi connectivity index (χ4n) is 6.99. The Balaban J connectivity index is 4.53. The largest absolute Gasteiger partial charge is 0.462 e. The molecule has 0 saturated heterocycles. The second-order valence-corrected chi connectivity index (χ2v) is 17.4. The highest BCUT2D eigenvalue weighted by Crippen LogP contribution is 2.14. The van der Waals surface area contributed by atoms with Crippen molar-refractivity contribution in [2.75, 3.05) is 13.2 Å². The van der Waals surface area contributed by atoms with Gasteiger partial charge in [-0.15, -0.1) is 0 Å². The number of allylic oxidation sites excluding steroid dienone is 18. The number of ether oxygens (including phenoxy) is 3. The number of unbranched alkanes of at least 4 members (excludes halogenated alkanes) is 18. The fraction of sp³-hybridized carbons (Fsp3) is 0.650. The van der Waals surface area contributed by atoms with Gasteiger partial charge in [0.05, 0.1) is 0 Å². The van der Waals surface area contributed by atoms with Crippen LogP contribution in [0.4, 0.5) is 0 Å². The minimum atomic E-state index is -0.820. The van der Waals surface area contributed by atoms with Crippen LogP contribution in [0.25, 0.3) is 0 Å². The molecule has 0 unspecified atom stereocenters. The second-order valence-electron chi connectivity index (χ2n) is 17.4. The monoisotopic (exact) mass is 915 g/mol. The van der Waals surface area contributed by atoms with Crippen molar-refractivity contribution in [2.24, 2.45) is 0 Å². The van der Waals surface area contributed by atoms with E-state index in [1.54, 1.807) is 0 Å². The second kappa shape index (κ2) is 53.7. The number of hydrogen-bond acceptors (Lipinski definition) is 6. The van der Waals surface area contributed by atoms with Gasteiger partial charge in [-0.3, -0.25) is 14.4 Å². The van der Waals surface area contributed by atoms with Gasteiger partial charge in [-0.2, -0.15) is 0 Å². The Morgan fingerprint density at radius 3 is 1.00 bits per heavy atom. The van der Waals surface area contributed by atoms with E-state index < -0.39 is 6.10 Å². The van der Waals surface area contributed by atoms with E-state index in [-0.39, 0.29) is 37.5 Å². The molecule has 0 amide bonds. The number of carbonyl (C=O) groups excluding carboxylic acids is 3. The highest BCUT2D eigenvalue weighted by atomic mass is 16.6. The molecule has 0 aromatic heterocycles. The molecule has 0 aliphatic heterocycles. The first kappa shape index (κ1) is 62.1. The Morgan fingerprint density at radius 1 is 0.318 bits per heavy atom. The number of rotatable bonds is 47. The molecule has 0 radical (unpaired) electrons. The van der Waals surface area contributed by atoms with E-state index in [1.165, 1.54) is 83.5 Å². The van der Waals surface area contributed by atoms with E-state index in [9.17, 15) is 14.4 Å². The lowest BCUT2D eigenvalue weighted by Crippen LogP contribution is -2.30. The first-order chi connectivity index (χ1) is 32.5. The first-order valence-corrected chi connectivity index (χ1v) is 26.9. The molecule has 0 aromatic carbocycles. The van der Waals surface area contributed by atoms with Crippen LogP contribution in [0.3, 0.4) is 0 Å². The molecule has 0 aliphatic carbocycles. The van der Waals surface area contributed by atoms with Crippen LogP contribution < -0.4 is 0 Å². The third-order valence-electron chi connectivity index (χ3n) is 11.0. The third kappa shape index (κ3) is 51.1. The Labute approximate surface area is 406 Å². The van der Waals surface area contributed by atoms with Crippen molar-refractivity contribution < 1.29 is 28.6 Å². The molecule has 0 rings (SSSR count). The topological polar surface area (TPSA) is 78.9 Å². The molecule has 0 aromatic rings. The molecule has 0 fully saturated rings. The van der Waals surface area contributed by atoms with Gasteiger partial charge in [0.25, 0.3) is 0 Å². The van der Waals surface area contributed by atoms with Crippen LogP contribution in [0, 0.1) is 0 Å². The summed E-state index contributed by atoms with van der Waals surface area (Å²) in [6.45, 7) is 6.41. The van der Waals surface area contributed by atoms with Crippen LogP contribution in [-0.2, 0) is 28.6 Å². The molecule has 1 atom stereocenters. The van der Waals surface area contributed by atoms with Crippen molar-refractivity contribution >= 4 is 17.9 Å². The molecule has 66 heavy (non-hydrogen) atoms. The molecule has 0 N–H and O–H groups in total. The van der Waals surface area contributed by atoms with Crippen LogP contribution in [0.1, 0.15) is 233 Å². The zero-order valence-electron chi connectivity index (χ0n) is 42.7. The van der Waals surface area contributed by atoms with Crippen LogP contribution in [-0.4, -0.2) is 37.2 Å². The predicted molar refractivity (Wildman–Crippen MR) is 283 cm³/mol. The van der Waals surface area contributed by atoms with Crippen LogP contribution in [0.2, 0.25) is 0 Å². The van der Waals surface area contributed by atoms with E-state index in [0.29, 0.717) is 19.3 Å². The van der Waals surface area contributed by atoms with Gasteiger partial charge in [0.1, 0.15) is 13.2 Å². The lowest BCUT2D eigenvalue weighted by Gasteiger charge is -2.18. The summed E-state index contributed by atoms with van der Waals surface area (Å²) < 4.78 is 16.7. The highest BCUT2D eigenvalue weighted by Gasteiger charge is 2.19. The average molecular weight is 915 g/mol. The lowest BCUT2D eigenvalue weighted by molar-refractivity contribution is -0.167. The van der Waals surface area contributed by atoms with Gasteiger partial charge in [0.2, 0.25) is 0 Å². The summed E-state index contributed by atoms with van der Waals surface area (Å²) >= 11 is 0. The van der Waals surface area contributed by atoms with Crippen molar-refractivity contribution in [1.82, 2.24) is 0 Å². The summed E-state index contributed by atoms with van der Waals surface area (Å²) in [5, 5.41) is 0. The van der Waals surface area contributed by atoms with Crippen LogP contribution in [0.15, 0.2) is 109 Å². The molecule has 0 aliphatic rings. The normalized spacial score (nSPS) is 13.0. The molecular weight excluding hydrogens is 817 g/mol. The third-order valence-corrected chi connectivity index (χ3v) is 11.0. The van der Waals surface area contributed by atoms with Gasteiger partial charge in [0.15, 0.2) is 6.10 Å². The maximum absolute atomic E-state index is 12.8. The minimum Gasteiger partial charge on any atom is -0.462 e. The number of carbonyl (C=O) groups is 3. The molecule has 6 nitrogen and oxygen atoms in total. The number of esters is 3. The lowest BCUT2D eigenvalue weighted by atomic mass is 10.0. The van der Waals surface area contributed by atoms with Crippen molar-refractivity contribution in [3.05, 3.63) is 109 Å². The Kier molecular flexibility index (Phi) is 50.5. The van der Waals surface area contributed by atoms with E-state index in [4.69, 9.17) is 14.2 Å². The Morgan fingerprint density at radius 2 is 0.606 bits per heavy atom. The van der Waals surface area contributed by atoms with Crippen LogP contribution in [0.5, 0.6) is 0 Å². The SMILES string of the molecule is CC/C=C\C/C=C\C/C=C\C/C=C\C/C=C\CCCCCC(=O)OC[C@H](COC(=O)CCCCCCCCCCCCCC)OC(=O)CCC/C=C\C/C=C\C/C=C\C/C=C\CCCCC. The predicted octanol–water partition coefficient (Wildman–Crippen LogP) is 17.9. The zero-order valence-corrected chi connectivity index (χ0v) is 42.7. The first-order valence-electron chi connectivity index (χ1n) is 26.9. The summed E-state index contributed by atoms with van der Waals surface area (Å²) in [6, 6.07) is 0. The summed E-state index contributed by atoms with van der Waals surface area (Å²) in [6.07, 6.45) is 72.2. The summed E-state index contributed by atoms with van der Waals surface area (Å²) in [7, 11) is 0. The molecule has 6 heteroatoms. The van der Waals surface area contributed by atoms with Gasteiger partial charge >= 0.3 is 17.9 Å². The molecule has 0 heterocycles. The smallest absolute Gasteiger partial charge is 0.306 e. The van der Waals surface area contributed by atoms with Crippen molar-refractivity contribution in [1.29, 1.82) is 0 Å². The average Bonchev–Trinajstić information content (AvgIpc) is 3.31. The van der Waals surface area contributed by atoms with Crippen molar-refractivity contribution in [2.45, 2.75) is 239 Å². The zero-order chi connectivity index (χ0) is 47.9. The molecule has 0 bridgehead atoms. The Bertz CT molecular complexity index is 1370. The maximum atomic E-state index is 12.8. The van der Waals surface area contributed by atoms with Gasteiger partial charge in [-0.25, -0.2) is 0 Å². The van der Waals surface area contributed by atoms with Gasteiger partial charge in [-0.05, 0) is 103 Å². The quantitative estimate of drug-likeness (QED) is 0.0262. The fourth-order valence-corrected chi connectivity index (χ4v) is 6.99. The van der Waals surface area contributed by atoms with Gasteiger partial charge in [0, 0.05) is 19.3 Å². The van der Waals surface area contributed by atoms with Crippen molar-refractivity contribution in [3.63, 3.8) is 0 Å². The molecule has 0 saturated carbocycles. The minimum absolute atomic E-state index is 0.111. The van der Waals surface area contributed by atoms with Crippen LogP contribution >= 0.6 is 0 Å². The van der Waals surface area contributed by atoms with E-state index in [1.807, 2.05) is 0 Å². The van der Waals surface area contributed by atoms with Crippen molar-refractivity contribution in [3.8, 4) is 0 Å². The van der Waals surface area contributed by atoms with E-state index in [2.05, 4.69) is 130 Å². The van der Waals surface area contributed by atoms with Gasteiger partial charge in [-0.1, -0.05) is 220 Å². The highest BCUT2D eigenvalue weighted by molar-refractivity contribution is 5.71. The summed E-state index contributed by atoms with van der Waals surface area (Å²) in [5.41, 5.74) is 0. The van der Waals surface area contributed by atoms with Gasteiger partial charge < -0.3 is 14.2 Å². The molecule has 374 valence electrons. The van der Waals surface area contributed by atoms with E-state index in [0.717, 1.165) is 103 Å². The summed E-state index contributed by atoms with van der Waals surface area (Å²) in [4.78, 5) is 38.0. The standard InChI is InChI=1S/C60H98O6/c1-4-7-10-13-16-19-22-25-27-29-30-32-33-35-38-41-44-47-50-53-59(62)65-56-57(55-64-58(61)52-49-46-43-40-37-24-21-18-15-12-9-6-3)66-60(63)54-51-48-45-42-39-36-34-31-28-26-23-20-17-14-11-8-5-2/h7,10,16-17,19-20,25-28,30,32,34-36,38,42,45,57H,4-6,8-9,11-15,18,21-24,29,31,33,37,39-41,43-44,46-56H2,1-3H3/b10-7-,19-16-,20-17-,27-25-,28-26-,32-30-,36-34-,38-35-,45-42-/t57-/m0/s1. The molecule has 0 spiro atoms. The summed E-state index contributed by atoms with van der Waals surface area (Å²) in [5.74, 6) is -1.00.